The SMILES string of the molecule is CC1(C)c2ccccc2-c2ccc(N(c3ccc4c(c3)C(C)(C)c3cc(-c5ccccc5)ccc3-4)c3cc(F)cc4c3-c3ccc(F)cc3C4(C3CCC3)C3CCC3)cc21. The van der Waals surface area contributed by atoms with Gasteiger partial charge in [0.25, 0.3) is 0 Å². The minimum atomic E-state index is -0.397. The zero-order valence-corrected chi connectivity index (χ0v) is 34.9. The van der Waals surface area contributed by atoms with E-state index in [9.17, 15) is 0 Å². The number of rotatable bonds is 6. The van der Waals surface area contributed by atoms with Crippen LogP contribution in [0.1, 0.15) is 99.6 Å². The van der Waals surface area contributed by atoms with Crippen molar-refractivity contribution < 1.29 is 8.78 Å². The second kappa shape index (κ2) is 12.6. The van der Waals surface area contributed by atoms with E-state index in [1.807, 2.05) is 18.2 Å². The van der Waals surface area contributed by atoms with Gasteiger partial charge in [0.1, 0.15) is 11.6 Å². The molecular formula is C57H49F2N. The molecule has 0 spiro atoms. The molecule has 0 bridgehead atoms. The summed E-state index contributed by atoms with van der Waals surface area (Å²) in [5, 5.41) is 0. The Labute approximate surface area is 352 Å². The molecule has 296 valence electrons. The number of benzene rings is 7. The lowest BCUT2D eigenvalue weighted by Crippen LogP contribution is -2.47. The molecule has 0 heterocycles. The summed E-state index contributed by atoms with van der Waals surface area (Å²) in [4.78, 5) is 2.33. The Hall–Kier alpha value is -5.80. The summed E-state index contributed by atoms with van der Waals surface area (Å²) >= 11 is 0. The molecule has 0 aliphatic heterocycles. The minimum absolute atomic E-state index is 0.209. The van der Waals surface area contributed by atoms with Gasteiger partial charge in [-0.05, 0) is 164 Å². The van der Waals surface area contributed by atoms with Crippen LogP contribution in [0.25, 0.3) is 44.5 Å². The molecule has 2 saturated carbocycles. The molecule has 60 heavy (non-hydrogen) atoms. The van der Waals surface area contributed by atoms with E-state index in [-0.39, 0.29) is 22.5 Å². The van der Waals surface area contributed by atoms with Crippen LogP contribution in [0.15, 0.2) is 140 Å². The molecule has 2 fully saturated rings. The maximum atomic E-state index is 17.0. The summed E-state index contributed by atoms with van der Waals surface area (Å²) in [6.07, 6.45) is 6.70. The fourth-order valence-corrected chi connectivity index (χ4v) is 12.5. The molecule has 1 nitrogen and oxygen atoms in total. The molecule has 12 rings (SSSR count). The summed E-state index contributed by atoms with van der Waals surface area (Å²) in [5.41, 5.74) is 18.8. The Balaban J connectivity index is 1.10. The van der Waals surface area contributed by atoms with Crippen LogP contribution in [0.3, 0.4) is 0 Å². The highest BCUT2D eigenvalue weighted by atomic mass is 19.1. The van der Waals surface area contributed by atoms with Crippen molar-refractivity contribution in [3.8, 4) is 44.5 Å². The molecular weight excluding hydrogens is 737 g/mol. The van der Waals surface area contributed by atoms with Crippen molar-refractivity contribution in [2.45, 2.75) is 82.5 Å². The van der Waals surface area contributed by atoms with E-state index >= 15 is 8.78 Å². The van der Waals surface area contributed by atoms with Crippen molar-refractivity contribution in [1.29, 1.82) is 0 Å². The van der Waals surface area contributed by atoms with Crippen LogP contribution >= 0.6 is 0 Å². The molecule has 5 aliphatic carbocycles. The summed E-state index contributed by atoms with van der Waals surface area (Å²) in [5.74, 6) is 0.292. The molecule has 5 aliphatic rings. The van der Waals surface area contributed by atoms with Crippen molar-refractivity contribution in [3.63, 3.8) is 0 Å². The highest BCUT2D eigenvalue weighted by Crippen LogP contribution is 2.67. The van der Waals surface area contributed by atoms with Crippen LogP contribution in [-0.4, -0.2) is 0 Å². The Morgan fingerprint density at radius 1 is 0.433 bits per heavy atom. The fourth-order valence-electron chi connectivity index (χ4n) is 12.5. The van der Waals surface area contributed by atoms with Crippen molar-refractivity contribution in [1.82, 2.24) is 0 Å². The number of hydrogen-bond donors (Lipinski definition) is 0. The van der Waals surface area contributed by atoms with E-state index in [0.717, 1.165) is 65.0 Å². The third-order valence-electron chi connectivity index (χ3n) is 15.8. The van der Waals surface area contributed by atoms with Crippen molar-refractivity contribution in [2.24, 2.45) is 11.8 Å². The Bertz CT molecular complexity index is 2910. The second-order valence-electron chi connectivity index (χ2n) is 19.4. The topological polar surface area (TPSA) is 3.24 Å². The van der Waals surface area contributed by atoms with Gasteiger partial charge in [-0.3, -0.25) is 0 Å². The number of hydrogen-bond acceptors (Lipinski definition) is 1. The largest absolute Gasteiger partial charge is 0.310 e. The Morgan fingerprint density at radius 2 is 0.967 bits per heavy atom. The molecule has 0 saturated heterocycles. The quantitative estimate of drug-likeness (QED) is 0.162. The van der Waals surface area contributed by atoms with Crippen LogP contribution < -0.4 is 4.90 Å². The summed E-state index contributed by atoms with van der Waals surface area (Å²) in [6.45, 7) is 9.32. The van der Waals surface area contributed by atoms with Crippen LogP contribution in [0.4, 0.5) is 25.8 Å². The van der Waals surface area contributed by atoms with Gasteiger partial charge in [-0.25, -0.2) is 8.78 Å². The van der Waals surface area contributed by atoms with E-state index in [2.05, 4.69) is 142 Å². The van der Waals surface area contributed by atoms with E-state index in [1.165, 1.54) is 68.5 Å². The first-order valence-electron chi connectivity index (χ1n) is 22.1. The average molecular weight is 786 g/mol. The van der Waals surface area contributed by atoms with E-state index in [4.69, 9.17) is 0 Å². The fraction of sp³-hybridized carbons (Fsp3) is 0.263. The van der Waals surface area contributed by atoms with Gasteiger partial charge < -0.3 is 4.90 Å². The molecule has 3 heteroatoms. The predicted octanol–water partition coefficient (Wildman–Crippen LogP) is 15.6. The summed E-state index contributed by atoms with van der Waals surface area (Å²) < 4.78 is 32.6. The lowest BCUT2D eigenvalue weighted by molar-refractivity contribution is 0.0868. The maximum Gasteiger partial charge on any atom is 0.125 e. The van der Waals surface area contributed by atoms with E-state index in [0.29, 0.717) is 11.8 Å². The molecule has 0 radical (unpaired) electrons. The third kappa shape index (κ3) is 4.78. The average Bonchev–Trinajstić information content (AvgIpc) is 3.70. The first-order chi connectivity index (χ1) is 29.1. The van der Waals surface area contributed by atoms with Crippen molar-refractivity contribution in [3.05, 3.63) is 185 Å². The van der Waals surface area contributed by atoms with Gasteiger partial charge in [0.15, 0.2) is 0 Å². The second-order valence-corrected chi connectivity index (χ2v) is 19.4. The molecule has 0 N–H and O–H groups in total. The third-order valence-corrected chi connectivity index (χ3v) is 15.8. The van der Waals surface area contributed by atoms with Crippen LogP contribution in [0.2, 0.25) is 0 Å². The molecule has 0 aromatic heterocycles. The number of fused-ring (bicyclic) bond motifs is 9. The first-order valence-corrected chi connectivity index (χ1v) is 22.1. The molecule has 0 unspecified atom stereocenters. The molecule has 0 amide bonds. The lowest BCUT2D eigenvalue weighted by atomic mass is 9.51. The van der Waals surface area contributed by atoms with Crippen LogP contribution in [0, 0.1) is 23.5 Å². The van der Waals surface area contributed by atoms with Crippen molar-refractivity contribution >= 4 is 17.1 Å². The standard InChI is InChI=1S/C57H49F2N/c1-55(2)47-19-9-8-18-42(47)44-26-22-40(32-49(44)55)60(41-23-27-45-43-24-20-35(34-12-6-5-7-13-34)28-48(43)56(3,4)50(45)33-41)53-31-39(59)30-52-54(53)46-25-21-38(58)29-51(46)57(52,36-14-10-15-36)37-16-11-17-37/h5-9,12-13,18-33,36-37H,10-11,14-17H2,1-4H3. The van der Waals surface area contributed by atoms with E-state index < -0.39 is 5.41 Å². The monoisotopic (exact) mass is 785 g/mol. The molecule has 0 atom stereocenters. The first kappa shape index (κ1) is 36.1. The van der Waals surface area contributed by atoms with Crippen LogP contribution in [-0.2, 0) is 16.2 Å². The number of nitrogens with zero attached hydrogens (tertiary/aromatic N) is 1. The van der Waals surface area contributed by atoms with Crippen molar-refractivity contribution in [2.75, 3.05) is 4.90 Å². The van der Waals surface area contributed by atoms with Gasteiger partial charge >= 0.3 is 0 Å². The zero-order chi connectivity index (χ0) is 40.7. The normalized spacial score (nSPS) is 18.4. The predicted molar refractivity (Wildman–Crippen MR) is 243 cm³/mol. The highest BCUT2D eigenvalue weighted by Gasteiger charge is 2.57. The maximum absolute atomic E-state index is 17.0. The van der Waals surface area contributed by atoms with Gasteiger partial charge in [0, 0.05) is 33.2 Å². The zero-order valence-electron chi connectivity index (χ0n) is 34.9. The molecule has 7 aromatic carbocycles. The Kier molecular flexibility index (Phi) is 7.59. The van der Waals surface area contributed by atoms with Gasteiger partial charge in [-0.2, -0.15) is 0 Å². The lowest BCUT2D eigenvalue weighted by Gasteiger charge is -2.52. The van der Waals surface area contributed by atoms with Gasteiger partial charge in [-0.15, -0.1) is 0 Å². The smallest absolute Gasteiger partial charge is 0.125 e. The van der Waals surface area contributed by atoms with Gasteiger partial charge in [-0.1, -0.05) is 125 Å². The molecule has 7 aromatic rings. The summed E-state index contributed by atoms with van der Waals surface area (Å²) in [7, 11) is 0. The summed E-state index contributed by atoms with van der Waals surface area (Å²) in [6, 6.07) is 49.1. The van der Waals surface area contributed by atoms with Gasteiger partial charge in [0.2, 0.25) is 0 Å². The minimum Gasteiger partial charge on any atom is -0.310 e. The van der Waals surface area contributed by atoms with Crippen LogP contribution in [0.5, 0.6) is 0 Å². The number of halogens is 2. The van der Waals surface area contributed by atoms with Gasteiger partial charge in [0.05, 0.1) is 5.69 Å². The highest BCUT2D eigenvalue weighted by molar-refractivity contribution is 5.97. The Morgan fingerprint density at radius 3 is 1.60 bits per heavy atom. The number of anilines is 3. The van der Waals surface area contributed by atoms with E-state index in [1.54, 1.807) is 12.1 Å².